The predicted molar refractivity (Wildman–Crippen MR) is 71.4 cm³/mol. The number of hydrogen-bond donors (Lipinski definition) is 2. The zero-order chi connectivity index (χ0) is 13.9. The predicted octanol–water partition coefficient (Wildman–Crippen LogP) is 1.86. The van der Waals surface area contributed by atoms with Crippen LogP contribution in [0.25, 0.3) is 0 Å². The number of nitrogens with one attached hydrogen (secondary N) is 1. The number of benzene rings is 1. The molecule has 0 spiro atoms. The van der Waals surface area contributed by atoms with E-state index in [9.17, 15) is 14.3 Å². The van der Waals surface area contributed by atoms with E-state index >= 15 is 0 Å². The van der Waals surface area contributed by atoms with E-state index in [2.05, 4.69) is 21.2 Å². The van der Waals surface area contributed by atoms with Crippen LogP contribution in [-0.4, -0.2) is 36.4 Å². The molecule has 2 rings (SSSR count). The van der Waals surface area contributed by atoms with Crippen molar-refractivity contribution in [3.63, 3.8) is 0 Å². The number of amides is 1. The number of aliphatic hydroxyl groups excluding tert-OH is 1. The maximum Gasteiger partial charge on any atom is 0.253 e. The minimum absolute atomic E-state index is 0.132. The van der Waals surface area contributed by atoms with Crippen LogP contribution in [0.15, 0.2) is 22.7 Å². The Bertz CT molecular complexity index is 475. The summed E-state index contributed by atoms with van der Waals surface area (Å²) in [6.45, 7) is 0.825. The van der Waals surface area contributed by atoms with Gasteiger partial charge in [0.1, 0.15) is 5.82 Å². The van der Waals surface area contributed by atoms with Crippen molar-refractivity contribution in [2.45, 2.75) is 18.4 Å². The van der Waals surface area contributed by atoms with Crippen LogP contribution < -0.4 is 5.32 Å². The van der Waals surface area contributed by atoms with Crippen LogP contribution in [0.5, 0.6) is 0 Å². The molecule has 0 aliphatic carbocycles. The first-order chi connectivity index (χ1) is 9.08. The van der Waals surface area contributed by atoms with Crippen molar-refractivity contribution in [1.29, 1.82) is 0 Å². The Morgan fingerprint density at radius 1 is 1.47 bits per heavy atom. The van der Waals surface area contributed by atoms with Crippen LogP contribution in [0.3, 0.4) is 0 Å². The average molecular weight is 332 g/mol. The molecule has 0 unspecified atom stereocenters. The highest BCUT2D eigenvalue weighted by Gasteiger charge is 2.34. The van der Waals surface area contributed by atoms with Crippen LogP contribution in [0.1, 0.15) is 23.2 Å². The summed E-state index contributed by atoms with van der Waals surface area (Å²) in [5.41, 5.74) is -0.458. The molecule has 1 amide bonds. The van der Waals surface area contributed by atoms with E-state index in [1.165, 1.54) is 18.2 Å². The quantitative estimate of drug-likeness (QED) is 0.888. The van der Waals surface area contributed by atoms with E-state index in [1.54, 1.807) is 0 Å². The number of rotatable bonds is 3. The molecular weight excluding hydrogens is 317 g/mol. The van der Waals surface area contributed by atoms with E-state index in [4.69, 9.17) is 4.74 Å². The van der Waals surface area contributed by atoms with Gasteiger partial charge in [-0.15, -0.1) is 0 Å². The molecule has 0 saturated carbocycles. The second-order valence-electron chi connectivity index (χ2n) is 4.61. The molecule has 1 aromatic rings. The molecule has 1 heterocycles. The number of halogens is 2. The fraction of sp³-hybridized carbons (Fsp3) is 0.462. The Hall–Kier alpha value is -0.980. The Labute approximate surface area is 119 Å². The molecule has 0 atom stereocenters. The fourth-order valence-corrected chi connectivity index (χ4v) is 2.52. The molecule has 0 bridgehead atoms. The molecule has 1 saturated heterocycles. The van der Waals surface area contributed by atoms with Gasteiger partial charge in [-0.1, -0.05) is 6.07 Å². The molecule has 104 valence electrons. The van der Waals surface area contributed by atoms with Crippen LogP contribution in [0.2, 0.25) is 0 Å². The lowest BCUT2D eigenvalue weighted by Crippen LogP contribution is -2.54. The Morgan fingerprint density at radius 2 is 2.16 bits per heavy atom. The Kier molecular flexibility index (Phi) is 4.54. The van der Waals surface area contributed by atoms with Crippen molar-refractivity contribution in [1.82, 2.24) is 5.32 Å². The fourth-order valence-electron chi connectivity index (χ4n) is 2.07. The van der Waals surface area contributed by atoms with Crippen molar-refractivity contribution >= 4 is 21.8 Å². The van der Waals surface area contributed by atoms with Gasteiger partial charge in [-0.05, 0) is 40.9 Å². The Morgan fingerprint density at radius 3 is 2.79 bits per heavy atom. The third-order valence-corrected chi connectivity index (χ3v) is 4.13. The molecule has 1 aromatic carbocycles. The third kappa shape index (κ3) is 3.13. The molecule has 0 radical (unpaired) electrons. The van der Waals surface area contributed by atoms with E-state index in [1.807, 2.05) is 0 Å². The van der Waals surface area contributed by atoms with Crippen molar-refractivity contribution in [3.05, 3.63) is 34.1 Å². The number of aliphatic hydroxyl groups is 1. The summed E-state index contributed by atoms with van der Waals surface area (Å²) >= 11 is 3.06. The van der Waals surface area contributed by atoms with Crippen molar-refractivity contribution in [3.8, 4) is 0 Å². The summed E-state index contributed by atoms with van der Waals surface area (Å²) in [7, 11) is 0. The maximum absolute atomic E-state index is 13.4. The van der Waals surface area contributed by atoms with Gasteiger partial charge in [0, 0.05) is 13.2 Å². The summed E-state index contributed by atoms with van der Waals surface area (Å²) in [6, 6.07) is 4.29. The van der Waals surface area contributed by atoms with Crippen molar-refractivity contribution in [2.75, 3.05) is 19.8 Å². The molecule has 1 aliphatic heterocycles. The van der Waals surface area contributed by atoms with Gasteiger partial charge < -0.3 is 15.2 Å². The number of carbonyl (C=O) groups excluding carboxylic acids is 1. The smallest absolute Gasteiger partial charge is 0.253 e. The minimum atomic E-state index is -0.679. The summed E-state index contributed by atoms with van der Waals surface area (Å²) in [6.07, 6.45) is 1.09. The number of carbonyl (C=O) groups is 1. The SMILES string of the molecule is O=C(NC1(CO)CCOCC1)c1cccc(F)c1Br. The molecule has 1 aliphatic rings. The highest BCUT2D eigenvalue weighted by atomic mass is 79.9. The van der Waals surface area contributed by atoms with Gasteiger partial charge >= 0.3 is 0 Å². The summed E-state index contributed by atoms with van der Waals surface area (Å²) in [5, 5.41) is 12.3. The van der Waals surface area contributed by atoms with Crippen LogP contribution >= 0.6 is 15.9 Å². The second kappa shape index (κ2) is 5.98. The molecule has 4 nitrogen and oxygen atoms in total. The lowest BCUT2D eigenvalue weighted by molar-refractivity contribution is 0.0125. The largest absolute Gasteiger partial charge is 0.394 e. The first kappa shape index (κ1) is 14.4. The van der Waals surface area contributed by atoms with Crippen LogP contribution in [-0.2, 0) is 4.74 Å². The van der Waals surface area contributed by atoms with Gasteiger partial charge in [-0.3, -0.25) is 4.79 Å². The van der Waals surface area contributed by atoms with Gasteiger partial charge in [-0.2, -0.15) is 0 Å². The maximum atomic E-state index is 13.4. The molecule has 19 heavy (non-hydrogen) atoms. The first-order valence-corrected chi connectivity index (χ1v) is 6.82. The van der Waals surface area contributed by atoms with Gasteiger partial charge in [0.05, 0.1) is 22.2 Å². The van der Waals surface area contributed by atoms with Gasteiger partial charge in [-0.25, -0.2) is 4.39 Å². The molecule has 6 heteroatoms. The summed E-state index contributed by atoms with van der Waals surface area (Å²) < 4.78 is 18.8. The normalized spacial score (nSPS) is 18.1. The Balaban J connectivity index is 2.17. The lowest BCUT2D eigenvalue weighted by atomic mass is 9.90. The van der Waals surface area contributed by atoms with E-state index in [-0.39, 0.29) is 16.6 Å². The first-order valence-electron chi connectivity index (χ1n) is 6.03. The van der Waals surface area contributed by atoms with Gasteiger partial charge in [0.25, 0.3) is 5.91 Å². The average Bonchev–Trinajstić information content (AvgIpc) is 2.42. The molecule has 2 N–H and O–H groups in total. The van der Waals surface area contributed by atoms with Crippen LogP contribution in [0.4, 0.5) is 4.39 Å². The van der Waals surface area contributed by atoms with E-state index in [0.29, 0.717) is 26.1 Å². The van der Waals surface area contributed by atoms with Gasteiger partial charge in [0.15, 0.2) is 0 Å². The number of ether oxygens (including phenoxy) is 1. The summed E-state index contributed by atoms with van der Waals surface area (Å²) in [4.78, 5) is 12.2. The molecular formula is C13H15BrFNO3. The topological polar surface area (TPSA) is 58.6 Å². The van der Waals surface area contributed by atoms with Gasteiger partial charge in [0.2, 0.25) is 0 Å². The highest BCUT2D eigenvalue weighted by Crippen LogP contribution is 2.24. The second-order valence-corrected chi connectivity index (χ2v) is 5.40. The molecule has 0 aromatic heterocycles. The third-order valence-electron chi connectivity index (χ3n) is 3.33. The zero-order valence-electron chi connectivity index (χ0n) is 10.3. The summed E-state index contributed by atoms with van der Waals surface area (Å²) in [5.74, 6) is -0.889. The monoisotopic (exact) mass is 331 g/mol. The van der Waals surface area contributed by atoms with Crippen molar-refractivity contribution < 1.29 is 19.0 Å². The number of hydrogen-bond acceptors (Lipinski definition) is 3. The van der Waals surface area contributed by atoms with E-state index in [0.717, 1.165) is 0 Å². The van der Waals surface area contributed by atoms with Crippen LogP contribution in [0, 0.1) is 5.82 Å². The highest BCUT2D eigenvalue weighted by molar-refractivity contribution is 9.10. The standard InChI is InChI=1S/C13H15BrFNO3/c14-11-9(2-1-3-10(11)15)12(18)16-13(8-17)4-6-19-7-5-13/h1-3,17H,4-8H2,(H,16,18). The molecule has 1 fully saturated rings. The van der Waals surface area contributed by atoms with Crippen molar-refractivity contribution in [2.24, 2.45) is 0 Å². The van der Waals surface area contributed by atoms with E-state index < -0.39 is 17.3 Å². The zero-order valence-corrected chi connectivity index (χ0v) is 11.9. The minimum Gasteiger partial charge on any atom is -0.394 e. The lowest BCUT2D eigenvalue weighted by Gasteiger charge is -2.36.